The van der Waals surface area contributed by atoms with E-state index >= 15 is 0 Å². The van der Waals surface area contributed by atoms with Crippen molar-refractivity contribution < 1.29 is 4.74 Å². The first-order valence-electron chi connectivity index (χ1n) is 14.0. The van der Waals surface area contributed by atoms with Gasteiger partial charge in [-0.2, -0.15) is 5.10 Å². The zero-order valence-corrected chi connectivity index (χ0v) is 24.1. The van der Waals surface area contributed by atoms with Crippen molar-refractivity contribution in [3.8, 4) is 5.75 Å². The molecule has 1 unspecified atom stereocenters. The number of aryl methyl sites for hydroxylation is 3. The number of nitrogens with zero attached hydrogens (tertiary/aromatic N) is 5. The Bertz CT molecular complexity index is 1320. The molecular weight excluding hydrogens is 484 g/mol. The largest absolute Gasteiger partial charge is 0.457 e. The molecule has 0 amide bonds. The van der Waals surface area contributed by atoms with E-state index in [1.54, 1.807) is 11.2 Å². The molecule has 2 aromatic rings. The van der Waals surface area contributed by atoms with Gasteiger partial charge >= 0.3 is 0 Å². The van der Waals surface area contributed by atoms with Gasteiger partial charge in [-0.1, -0.05) is 39.3 Å². The summed E-state index contributed by atoms with van der Waals surface area (Å²) >= 11 is 0. The number of aliphatic imine (C=N–C) groups is 1. The van der Waals surface area contributed by atoms with Crippen molar-refractivity contribution in [3.63, 3.8) is 0 Å². The van der Waals surface area contributed by atoms with Crippen LogP contribution in [0.5, 0.6) is 5.75 Å². The molecule has 0 saturated carbocycles. The normalized spacial score (nSPS) is 17.9. The van der Waals surface area contributed by atoms with Crippen LogP contribution in [0.15, 0.2) is 70.7 Å². The molecule has 39 heavy (non-hydrogen) atoms. The predicted octanol–water partition coefficient (Wildman–Crippen LogP) is 6.93. The average Bonchev–Trinajstić information content (AvgIpc) is 3.05. The third kappa shape index (κ3) is 6.96. The fourth-order valence-corrected chi connectivity index (χ4v) is 5.04. The highest BCUT2D eigenvalue weighted by molar-refractivity contribution is 5.99. The third-order valence-corrected chi connectivity index (χ3v) is 7.14. The van der Waals surface area contributed by atoms with Gasteiger partial charge < -0.3 is 15.4 Å². The van der Waals surface area contributed by atoms with Crippen LogP contribution in [0.1, 0.15) is 68.8 Å². The monoisotopic (exact) mass is 526 g/mol. The summed E-state index contributed by atoms with van der Waals surface area (Å²) in [4.78, 5) is 12.3. The van der Waals surface area contributed by atoms with Gasteiger partial charge in [-0.3, -0.25) is 0 Å². The first-order chi connectivity index (χ1) is 18.8. The Morgan fingerprint density at radius 2 is 2.05 bits per heavy atom. The van der Waals surface area contributed by atoms with Crippen molar-refractivity contribution in [1.29, 1.82) is 0 Å². The van der Waals surface area contributed by atoms with Crippen LogP contribution in [0.3, 0.4) is 0 Å². The number of hydrogen-bond donors (Lipinski definition) is 1. The Labute approximate surface area is 233 Å². The van der Waals surface area contributed by atoms with E-state index in [0.29, 0.717) is 17.5 Å². The summed E-state index contributed by atoms with van der Waals surface area (Å²) in [6.07, 6.45) is 13.1. The number of rotatable bonds is 9. The van der Waals surface area contributed by atoms with Crippen LogP contribution >= 0.6 is 0 Å². The Balaban J connectivity index is 1.55. The van der Waals surface area contributed by atoms with Gasteiger partial charge in [-0.05, 0) is 86.9 Å². The second-order valence-corrected chi connectivity index (χ2v) is 10.6. The van der Waals surface area contributed by atoms with Crippen LogP contribution in [0, 0.1) is 19.8 Å². The van der Waals surface area contributed by atoms with Crippen molar-refractivity contribution in [2.75, 3.05) is 18.0 Å². The summed E-state index contributed by atoms with van der Waals surface area (Å²) in [6.45, 7) is 16.6. The van der Waals surface area contributed by atoms with Crippen LogP contribution in [-0.2, 0) is 6.42 Å². The molecule has 0 aliphatic carbocycles. The lowest BCUT2D eigenvalue weighted by atomic mass is 10.0. The molecule has 1 atom stereocenters. The van der Waals surface area contributed by atoms with Crippen molar-refractivity contribution in [3.05, 3.63) is 83.0 Å². The van der Waals surface area contributed by atoms with Crippen molar-refractivity contribution in [2.24, 2.45) is 21.7 Å². The highest BCUT2D eigenvalue weighted by Crippen LogP contribution is 2.31. The summed E-state index contributed by atoms with van der Waals surface area (Å²) in [7, 11) is 0. The number of ether oxygens (including phenoxy) is 1. The number of fused-ring (bicyclic) bond motifs is 1. The minimum Gasteiger partial charge on any atom is -0.457 e. The average molecular weight is 527 g/mol. The zero-order chi connectivity index (χ0) is 27.9. The number of amidine groups is 1. The van der Waals surface area contributed by atoms with Gasteiger partial charge in [0, 0.05) is 31.6 Å². The van der Waals surface area contributed by atoms with Gasteiger partial charge in [0.2, 0.25) is 0 Å². The standard InChI is InChI=1S/C32H42N6O/c1-7-9-10-16-37-21-22(3)11-12-26-18-24(5)30(36-32(26)37)31(33)35-27-13-14-29(23(4)19-27)39-28-15-17-38(34-8-2)25(6)20-28/h8,13-15,17-20,22H,6-7,9-12,16,21H2,1-5H3,(H2,33,35)/b34-8-. The number of benzene rings is 1. The van der Waals surface area contributed by atoms with Crippen LogP contribution < -0.4 is 15.4 Å². The van der Waals surface area contributed by atoms with Crippen LogP contribution in [0.4, 0.5) is 11.5 Å². The fourth-order valence-electron chi connectivity index (χ4n) is 5.04. The molecular formula is C32H42N6O. The molecule has 206 valence electrons. The Morgan fingerprint density at radius 3 is 2.77 bits per heavy atom. The van der Waals surface area contributed by atoms with E-state index < -0.39 is 0 Å². The lowest BCUT2D eigenvalue weighted by Crippen LogP contribution is -2.30. The summed E-state index contributed by atoms with van der Waals surface area (Å²) in [5.41, 5.74) is 12.2. The molecule has 1 aromatic heterocycles. The van der Waals surface area contributed by atoms with E-state index in [9.17, 15) is 0 Å². The number of hydrazone groups is 1. The lowest BCUT2D eigenvalue weighted by Gasteiger charge is -2.26. The molecule has 0 fully saturated rings. The molecule has 0 radical (unpaired) electrons. The van der Waals surface area contributed by atoms with E-state index in [2.05, 4.69) is 43.4 Å². The lowest BCUT2D eigenvalue weighted by molar-refractivity contribution is 0.421. The van der Waals surface area contributed by atoms with E-state index in [-0.39, 0.29) is 0 Å². The zero-order valence-electron chi connectivity index (χ0n) is 24.1. The van der Waals surface area contributed by atoms with Crippen molar-refractivity contribution >= 4 is 23.6 Å². The summed E-state index contributed by atoms with van der Waals surface area (Å²) in [6, 6.07) is 8.08. The number of unbranched alkanes of at least 4 members (excludes halogenated alkanes) is 2. The quantitative estimate of drug-likeness (QED) is 0.218. The number of aromatic nitrogens is 1. The minimum absolute atomic E-state index is 0.431. The predicted molar refractivity (Wildman–Crippen MR) is 163 cm³/mol. The third-order valence-electron chi connectivity index (χ3n) is 7.14. The molecule has 4 rings (SSSR count). The molecule has 0 spiro atoms. The van der Waals surface area contributed by atoms with Crippen molar-refractivity contribution in [2.45, 2.75) is 66.7 Å². The van der Waals surface area contributed by atoms with Crippen LogP contribution in [0.25, 0.3) is 0 Å². The molecule has 0 bridgehead atoms. The number of allylic oxidation sites excluding steroid dienone is 2. The van der Waals surface area contributed by atoms with E-state index in [1.165, 1.54) is 31.2 Å². The highest BCUT2D eigenvalue weighted by atomic mass is 16.5. The molecule has 7 heteroatoms. The van der Waals surface area contributed by atoms with Gasteiger partial charge in [0.15, 0.2) is 0 Å². The number of pyridine rings is 1. The van der Waals surface area contributed by atoms with E-state index in [0.717, 1.165) is 59.3 Å². The SMILES string of the molecule is C=C1C=C(Oc2ccc(N=C(N)c3nc4c(cc3C)CCC(C)CN4CCCCC)cc2C)C=CN1/N=C\C. The first-order valence-corrected chi connectivity index (χ1v) is 14.0. The molecule has 2 N–H and O–H groups in total. The number of anilines is 1. The summed E-state index contributed by atoms with van der Waals surface area (Å²) < 4.78 is 6.12. The summed E-state index contributed by atoms with van der Waals surface area (Å²) in [5.74, 6) is 3.59. The molecule has 3 heterocycles. The van der Waals surface area contributed by atoms with Gasteiger partial charge in [0.1, 0.15) is 28.9 Å². The van der Waals surface area contributed by atoms with Gasteiger partial charge in [0.25, 0.3) is 0 Å². The van der Waals surface area contributed by atoms with E-state index in [1.807, 2.05) is 50.4 Å². The van der Waals surface area contributed by atoms with Crippen LogP contribution in [0.2, 0.25) is 0 Å². The first kappa shape index (κ1) is 28.1. The highest BCUT2D eigenvalue weighted by Gasteiger charge is 2.23. The molecule has 1 aromatic carbocycles. The molecule has 2 aliphatic heterocycles. The summed E-state index contributed by atoms with van der Waals surface area (Å²) in [5, 5.41) is 5.93. The second-order valence-electron chi connectivity index (χ2n) is 10.6. The van der Waals surface area contributed by atoms with Crippen LogP contribution in [-0.4, -0.2) is 35.1 Å². The maximum absolute atomic E-state index is 6.58. The Morgan fingerprint density at radius 1 is 1.23 bits per heavy atom. The van der Waals surface area contributed by atoms with Gasteiger partial charge in [-0.25, -0.2) is 15.0 Å². The Kier molecular flexibility index (Phi) is 9.23. The fraction of sp³-hybridized carbons (Fsp3) is 0.406. The molecule has 2 aliphatic rings. The number of nitrogens with two attached hydrogens (primary N) is 1. The van der Waals surface area contributed by atoms with Crippen molar-refractivity contribution in [1.82, 2.24) is 9.99 Å². The van der Waals surface area contributed by atoms with E-state index in [4.69, 9.17) is 20.4 Å². The second kappa shape index (κ2) is 12.8. The molecule has 0 saturated heterocycles. The number of hydrogen-bond acceptors (Lipinski definition) is 6. The van der Waals surface area contributed by atoms with Gasteiger partial charge in [0.05, 0.1) is 11.4 Å². The maximum Gasteiger partial charge on any atom is 0.150 e. The smallest absolute Gasteiger partial charge is 0.150 e. The minimum atomic E-state index is 0.431. The maximum atomic E-state index is 6.58. The van der Waals surface area contributed by atoms with Gasteiger partial charge in [-0.15, -0.1) is 0 Å². The Hall–Kier alpha value is -3.87. The molecule has 7 nitrogen and oxygen atoms in total. The topological polar surface area (TPSA) is 79.3 Å².